The van der Waals surface area contributed by atoms with Gasteiger partial charge in [-0.2, -0.15) is 5.21 Å². The first-order valence-corrected chi connectivity index (χ1v) is 11.5. The molecule has 2 aromatic carbocycles. The van der Waals surface area contributed by atoms with Gasteiger partial charge in [0, 0.05) is 12.0 Å². The number of aliphatic imine (C=N–C) groups is 1. The summed E-state index contributed by atoms with van der Waals surface area (Å²) in [6.45, 7) is 2.76. The summed E-state index contributed by atoms with van der Waals surface area (Å²) in [5.74, 6) is 1.75. The van der Waals surface area contributed by atoms with Gasteiger partial charge in [-0.25, -0.2) is 0 Å². The van der Waals surface area contributed by atoms with E-state index < -0.39 is 5.54 Å². The van der Waals surface area contributed by atoms with Gasteiger partial charge < -0.3 is 21.9 Å². The van der Waals surface area contributed by atoms with E-state index in [4.69, 9.17) is 4.99 Å². The maximum atomic E-state index is 13.4. The van der Waals surface area contributed by atoms with Crippen LogP contribution in [0.15, 0.2) is 53.5 Å². The Bertz CT molecular complexity index is 1130. The summed E-state index contributed by atoms with van der Waals surface area (Å²) in [7, 11) is 0. The smallest absolute Gasteiger partial charge is 0.412 e. The maximum Gasteiger partial charge on any atom is 2.00 e. The van der Waals surface area contributed by atoms with Crippen LogP contribution in [0.3, 0.4) is 0 Å². The van der Waals surface area contributed by atoms with Crippen molar-refractivity contribution in [2.75, 3.05) is 0 Å². The number of nitrogens with one attached hydrogen (secondary N) is 1. The fourth-order valence-corrected chi connectivity index (χ4v) is 4.88. The standard InChI is InChI=1S/C25H28N6O.Ca.4H2O/c1-2-3-10-22-26-25(15-6-7-16-25)24(32)31(22)17-18-11-13-19(14-12-18)20-8-4-5-9-21(20)23-27-29-30-28-23;;;;;/h4-5,8-9,11-14H,2-3,6-7,10,15-17H2,1H3,(H,27,28,29,30);;4*1H2/q;+2;;;;. The van der Waals surface area contributed by atoms with Gasteiger partial charge in [0.2, 0.25) is 5.82 Å². The molecule has 37 heavy (non-hydrogen) atoms. The number of nitrogens with zero attached hydrogens (tertiary/aromatic N) is 5. The molecule has 196 valence electrons. The third-order valence-electron chi connectivity index (χ3n) is 6.60. The van der Waals surface area contributed by atoms with Gasteiger partial charge in [0.15, 0.2) is 0 Å². The van der Waals surface area contributed by atoms with Gasteiger partial charge in [-0.3, -0.25) is 14.7 Å². The van der Waals surface area contributed by atoms with Gasteiger partial charge in [0.1, 0.15) is 11.4 Å². The molecule has 2 heterocycles. The van der Waals surface area contributed by atoms with E-state index >= 15 is 0 Å². The van der Waals surface area contributed by atoms with Crippen molar-refractivity contribution in [2.45, 2.75) is 64.0 Å². The monoisotopic (exact) mass is 540 g/mol. The molecule has 1 aliphatic carbocycles. The minimum atomic E-state index is -0.480. The molecule has 1 saturated carbocycles. The Labute approximate surface area is 246 Å². The molecule has 0 radical (unpaired) electrons. The Morgan fingerprint density at radius 2 is 1.59 bits per heavy atom. The second kappa shape index (κ2) is 15.2. The third kappa shape index (κ3) is 6.99. The average molecular weight is 541 g/mol. The predicted molar refractivity (Wildman–Crippen MR) is 144 cm³/mol. The number of benzene rings is 2. The molecule has 2 aliphatic rings. The molecule has 5 rings (SSSR count). The number of aromatic amines is 1. The Kier molecular flexibility index (Phi) is 14.3. The Morgan fingerprint density at radius 1 is 0.946 bits per heavy atom. The summed E-state index contributed by atoms with van der Waals surface area (Å²) >= 11 is 0. The number of amidine groups is 1. The van der Waals surface area contributed by atoms with E-state index in [-0.39, 0.29) is 65.6 Å². The van der Waals surface area contributed by atoms with Gasteiger partial charge in [0.05, 0.1) is 6.54 Å². The number of carbonyl (C=O) groups is 1. The van der Waals surface area contributed by atoms with Crippen molar-refractivity contribution in [3.8, 4) is 22.5 Å². The molecule has 9 N–H and O–H groups in total. The van der Waals surface area contributed by atoms with Crippen LogP contribution >= 0.6 is 0 Å². The van der Waals surface area contributed by atoms with E-state index in [0.29, 0.717) is 12.4 Å². The van der Waals surface area contributed by atoms with E-state index in [1.165, 1.54) is 0 Å². The largest absolute Gasteiger partial charge is 2.00 e. The molecular weight excluding hydrogens is 504 g/mol. The summed E-state index contributed by atoms with van der Waals surface area (Å²) in [6, 6.07) is 16.4. The Balaban J connectivity index is 0.00000259. The number of rotatable bonds is 7. The quantitative estimate of drug-likeness (QED) is 0.435. The minimum absolute atomic E-state index is 0. The topological polar surface area (TPSA) is 213 Å². The van der Waals surface area contributed by atoms with E-state index in [1.807, 2.05) is 23.1 Å². The van der Waals surface area contributed by atoms with Gasteiger partial charge in [-0.1, -0.05) is 74.7 Å². The van der Waals surface area contributed by atoms with Gasteiger partial charge in [-0.05, 0) is 41.2 Å². The van der Waals surface area contributed by atoms with Crippen LogP contribution < -0.4 is 0 Å². The molecule has 1 amide bonds. The van der Waals surface area contributed by atoms with Crippen LogP contribution in [0.2, 0.25) is 0 Å². The first-order valence-electron chi connectivity index (χ1n) is 11.5. The summed E-state index contributed by atoms with van der Waals surface area (Å²) in [6.07, 6.45) is 7.01. The zero-order chi connectivity index (χ0) is 22.0. The number of aromatic nitrogens is 4. The van der Waals surface area contributed by atoms with Crippen LogP contribution in [0.5, 0.6) is 0 Å². The Hall–Kier alpha value is -2.25. The van der Waals surface area contributed by atoms with E-state index in [2.05, 4.69) is 57.9 Å². The molecule has 0 saturated heterocycles. The Morgan fingerprint density at radius 3 is 2.19 bits per heavy atom. The summed E-state index contributed by atoms with van der Waals surface area (Å²) in [4.78, 5) is 20.3. The molecule has 12 heteroatoms. The fraction of sp³-hybridized carbons (Fsp3) is 0.400. The van der Waals surface area contributed by atoms with Crippen LogP contribution in [0, 0.1) is 0 Å². The normalized spacial score (nSPS) is 15.0. The van der Waals surface area contributed by atoms with Crippen LogP contribution in [0.1, 0.15) is 57.4 Å². The fourth-order valence-electron chi connectivity index (χ4n) is 4.88. The average Bonchev–Trinajstić information content (AvgIpc) is 3.58. The number of unbranched alkanes of at least 4 members (excludes halogenated alkanes) is 1. The molecule has 1 spiro atoms. The second-order valence-electron chi connectivity index (χ2n) is 8.74. The number of amides is 1. The summed E-state index contributed by atoms with van der Waals surface area (Å²) < 4.78 is 0. The number of hydrogen-bond donors (Lipinski definition) is 1. The predicted octanol–water partition coefficient (Wildman–Crippen LogP) is 1.10. The maximum absolute atomic E-state index is 13.4. The number of carbonyl (C=O) groups excluding carboxylic acids is 1. The van der Waals surface area contributed by atoms with Crippen molar-refractivity contribution in [3.05, 3.63) is 54.1 Å². The minimum Gasteiger partial charge on any atom is -0.412 e. The molecule has 1 aliphatic heterocycles. The van der Waals surface area contributed by atoms with Crippen LogP contribution in [0.4, 0.5) is 0 Å². The van der Waals surface area contributed by atoms with Crippen molar-refractivity contribution < 1.29 is 26.7 Å². The van der Waals surface area contributed by atoms with Crippen molar-refractivity contribution in [1.82, 2.24) is 25.5 Å². The number of tetrazole rings is 1. The van der Waals surface area contributed by atoms with Crippen LogP contribution in [0.25, 0.3) is 22.5 Å². The molecule has 3 aromatic rings. The molecule has 0 bridgehead atoms. The van der Waals surface area contributed by atoms with Crippen molar-refractivity contribution >= 4 is 49.5 Å². The first-order chi connectivity index (χ1) is 15.7. The summed E-state index contributed by atoms with van der Waals surface area (Å²) in [5, 5.41) is 14.5. The van der Waals surface area contributed by atoms with E-state index in [1.54, 1.807) is 0 Å². The molecule has 0 unspecified atom stereocenters. The van der Waals surface area contributed by atoms with Gasteiger partial charge in [0.25, 0.3) is 5.91 Å². The molecule has 1 aromatic heterocycles. The van der Waals surface area contributed by atoms with E-state index in [9.17, 15) is 4.79 Å². The van der Waals surface area contributed by atoms with Crippen LogP contribution in [-0.4, -0.2) is 102 Å². The van der Waals surface area contributed by atoms with Gasteiger partial charge >= 0.3 is 37.7 Å². The van der Waals surface area contributed by atoms with Crippen molar-refractivity contribution in [1.29, 1.82) is 0 Å². The molecule has 1 fully saturated rings. The van der Waals surface area contributed by atoms with Gasteiger partial charge in [-0.15, -0.1) is 10.2 Å². The number of hydrogen-bond acceptors (Lipinski definition) is 5. The number of H-pyrrole nitrogens is 1. The second-order valence-corrected chi connectivity index (χ2v) is 8.74. The zero-order valence-corrected chi connectivity index (χ0v) is 23.3. The summed E-state index contributed by atoms with van der Waals surface area (Å²) in [5.41, 5.74) is 3.69. The van der Waals surface area contributed by atoms with Crippen LogP contribution in [-0.2, 0) is 11.3 Å². The van der Waals surface area contributed by atoms with E-state index in [0.717, 1.165) is 73.0 Å². The first kappa shape index (κ1) is 34.7. The zero-order valence-electron chi connectivity index (χ0n) is 21.1. The third-order valence-corrected chi connectivity index (χ3v) is 6.60. The SMILES string of the molecule is CCCCC1=NC2(CCCC2)C(=O)N1Cc1ccc(-c2ccccc2-c2nn[nH]n2)cc1.O.O.O.O.[Ca+2]. The molecule has 0 atom stereocenters. The molecule has 11 nitrogen and oxygen atoms in total. The van der Waals surface area contributed by atoms with Crippen molar-refractivity contribution in [2.24, 2.45) is 4.99 Å². The molecular formula is C25H36CaN6O5+2. The van der Waals surface area contributed by atoms with Crippen molar-refractivity contribution in [3.63, 3.8) is 0 Å².